The molecule has 0 rings (SSSR count). The molecule has 0 aliphatic carbocycles. The zero-order valence-electron chi connectivity index (χ0n) is 8.76. The molecule has 2 nitrogen and oxygen atoms in total. The van der Waals surface area contributed by atoms with Gasteiger partial charge in [0.15, 0.2) is 0 Å². The summed E-state index contributed by atoms with van der Waals surface area (Å²) in [7, 11) is 9.75. The Labute approximate surface area is 119 Å². The van der Waals surface area contributed by atoms with E-state index in [1.165, 1.54) is 32.1 Å². The average molecular weight is 501 g/mol. The molecular weight excluding hydrogens is 482 g/mol. The van der Waals surface area contributed by atoms with Gasteiger partial charge < -0.3 is 11.1 Å². The van der Waals surface area contributed by atoms with Gasteiger partial charge >= 0.3 is 35.3 Å². The molecule has 0 fully saturated rings. The molecule has 6 heteroatoms. The molecule has 0 saturated carbocycles. The zero-order chi connectivity index (χ0) is 11.8. The van der Waals surface area contributed by atoms with Crippen LogP contribution >= 0.6 is 34.8 Å². The number of nitrogens with zero attached hydrogens (tertiary/aromatic N) is 1. The summed E-state index contributed by atoms with van der Waals surface area (Å²) in [5.74, 6) is 0. The van der Waals surface area contributed by atoms with E-state index in [1.807, 2.05) is 0 Å². The van der Waals surface area contributed by atoms with E-state index in [4.69, 9.17) is 24.6 Å². The smallest absolute Gasteiger partial charge is 0.00313 e. The minimum atomic E-state index is -0.472. The van der Waals surface area contributed by atoms with E-state index in [0.717, 1.165) is 18.4 Å². The van der Waals surface area contributed by atoms with Crippen LogP contribution in [0.4, 0.5) is 0 Å². The van der Waals surface area contributed by atoms with E-state index in [1.54, 1.807) is 0 Å². The van der Waals surface area contributed by atoms with E-state index in [9.17, 15) is 0 Å². The van der Waals surface area contributed by atoms with Crippen LogP contribution in [0, 0.1) is 0 Å². The van der Waals surface area contributed by atoms with Crippen LogP contribution in [0.15, 0.2) is 0 Å². The molecule has 0 bridgehead atoms. The molecule has 0 heterocycles. The second-order valence-electron chi connectivity index (χ2n) is 2.92. The summed E-state index contributed by atoms with van der Waals surface area (Å²) >= 11 is 2.94. The fourth-order valence-electron chi connectivity index (χ4n) is 1.04. The molecule has 0 atom stereocenters. The van der Waals surface area contributed by atoms with Crippen molar-refractivity contribution in [2.24, 2.45) is 0 Å². The zero-order valence-corrected chi connectivity index (χ0v) is 14.1. The van der Waals surface area contributed by atoms with Gasteiger partial charge in [0.05, 0.1) is 0 Å². The van der Waals surface area contributed by atoms with Crippen LogP contribution < -0.4 is 0 Å². The van der Waals surface area contributed by atoms with Crippen LogP contribution in [-0.2, 0) is 16.5 Å². The molecule has 15 heavy (non-hydrogen) atoms. The quantitative estimate of drug-likeness (QED) is 0.311. The summed E-state index contributed by atoms with van der Waals surface area (Å²) in [5.41, 5.74) is 6.87. The van der Waals surface area contributed by atoms with Crippen molar-refractivity contribution in [1.29, 1.82) is 0 Å². The van der Waals surface area contributed by atoms with Gasteiger partial charge in [0.1, 0.15) is 0 Å². The molecule has 0 aliphatic rings. The number of unbranched alkanes of at least 4 members (excludes halogenated alkanes) is 4. The number of rotatable bonds is 9. The van der Waals surface area contributed by atoms with Gasteiger partial charge in [-0.1, -0.05) is 41.6 Å². The molecular formula is C9H19BrCl2N2Pt. The molecule has 0 aromatic heterocycles. The van der Waals surface area contributed by atoms with Crippen molar-refractivity contribution >= 4 is 34.8 Å². The number of hydrogen-bond acceptors (Lipinski definition) is 0. The number of nitrogens with one attached hydrogen (secondary N) is 1. The molecule has 96 valence electrons. The minimum absolute atomic E-state index is 0.448. The Bertz CT molecular complexity index is 92.2. The second-order valence-corrected chi connectivity index (χ2v) is 7.00. The van der Waals surface area contributed by atoms with Crippen LogP contribution in [0.2, 0.25) is 0 Å². The van der Waals surface area contributed by atoms with E-state index in [2.05, 4.69) is 21.2 Å². The van der Waals surface area contributed by atoms with Gasteiger partial charge in [0, 0.05) is 5.33 Å². The van der Waals surface area contributed by atoms with Crippen molar-refractivity contribution in [2.75, 3.05) is 25.0 Å². The largest absolute Gasteiger partial charge is 0.679 e. The molecule has 0 unspecified atom stereocenters. The first-order valence-corrected chi connectivity index (χ1v) is 11.7. The summed E-state index contributed by atoms with van der Waals surface area (Å²) in [4.78, 5) is 0. The molecule has 0 aliphatic heterocycles. The second kappa shape index (κ2) is 21.0. The maximum absolute atomic E-state index is 6.87. The van der Waals surface area contributed by atoms with E-state index < -0.39 is 16.5 Å². The van der Waals surface area contributed by atoms with Crippen LogP contribution in [-0.4, -0.2) is 25.0 Å². The monoisotopic (exact) mass is 499 g/mol. The summed E-state index contributed by atoms with van der Waals surface area (Å²) in [6, 6.07) is 0. The first-order chi connectivity index (χ1) is 7.33. The van der Waals surface area contributed by atoms with Gasteiger partial charge in [0.2, 0.25) is 0 Å². The summed E-state index contributed by atoms with van der Waals surface area (Å²) in [5, 5.41) is 5.35. The summed E-state index contributed by atoms with van der Waals surface area (Å²) in [6.07, 6.45) is 6.48. The van der Waals surface area contributed by atoms with Gasteiger partial charge in [-0.15, -0.1) is 6.54 Å². The Morgan fingerprint density at radius 3 is 2.07 bits per heavy atom. The Morgan fingerprint density at radius 1 is 1.00 bits per heavy atom. The fraction of sp³-hybridized carbons (Fsp3) is 1.00. The van der Waals surface area contributed by atoms with E-state index in [-0.39, 0.29) is 0 Å². The SMILES string of the molecule is [Cl][Pt+2][Cl].[NH-]CC[N-]CCCCCCCBr. The van der Waals surface area contributed by atoms with Gasteiger partial charge in [0.25, 0.3) is 0 Å². The van der Waals surface area contributed by atoms with Gasteiger partial charge in [-0.2, -0.15) is 13.1 Å². The summed E-state index contributed by atoms with van der Waals surface area (Å²) < 4.78 is 0. The maximum atomic E-state index is 6.87. The molecule has 0 saturated heterocycles. The van der Waals surface area contributed by atoms with Crippen LogP contribution in [0.5, 0.6) is 0 Å². The minimum Gasteiger partial charge on any atom is -0.679 e. The third-order valence-corrected chi connectivity index (χ3v) is 2.28. The fourth-order valence-corrected chi connectivity index (χ4v) is 1.44. The van der Waals surface area contributed by atoms with Gasteiger partial charge in [-0.05, 0) is 6.42 Å². The Morgan fingerprint density at radius 2 is 1.53 bits per heavy atom. The van der Waals surface area contributed by atoms with Gasteiger partial charge in [-0.25, -0.2) is 0 Å². The number of alkyl halides is 1. The van der Waals surface area contributed by atoms with Crippen molar-refractivity contribution < 1.29 is 16.5 Å². The van der Waals surface area contributed by atoms with Crippen molar-refractivity contribution in [3.63, 3.8) is 0 Å². The van der Waals surface area contributed by atoms with Crippen LogP contribution in [0.3, 0.4) is 0 Å². The Hall–Kier alpha value is 1.67. The molecule has 0 aromatic carbocycles. The van der Waals surface area contributed by atoms with E-state index in [0.29, 0.717) is 6.54 Å². The normalized spacial score (nSPS) is 9.87. The van der Waals surface area contributed by atoms with Crippen LogP contribution in [0.1, 0.15) is 32.1 Å². The molecule has 1 N–H and O–H groups in total. The van der Waals surface area contributed by atoms with Crippen LogP contribution in [0.25, 0.3) is 11.1 Å². The third kappa shape index (κ3) is 25.7. The number of halogens is 3. The Kier molecular flexibility index (Phi) is 26.6. The van der Waals surface area contributed by atoms with E-state index >= 15 is 0 Å². The number of hydrogen-bond donors (Lipinski definition) is 0. The van der Waals surface area contributed by atoms with Crippen molar-refractivity contribution in [2.45, 2.75) is 32.1 Å². The van der Waals surface area contributed by atoms with Crippen molar-refractivity contribution in [1.82, 2.24) is 0 Å². The van der Waals surface area contributed by atoms with Gasteiger partial charge in [-0.3, -0.25) is 0 Å². The standard InChI is InChI=1S/C9H19BrN2.2ClH.Pt/c10-6-4-2-1-3-5-8-12-9-7-11;;;/h11H,1-9H2;2*1H;/q-2;;;+4/p-2. The topological polar surface area (TPSA) is 37.9 Å². The predicted octanol–water partition coefficient (Wildman–Crippen LogP) is 5.13. The average Bonchev–Trinajstić information content (AvgIpc) is 2.23. The molecule has 0 spiro atoms. The van der Waals surface area contributed by atoms with Crippen molar-refractivity contribution in [3.8, 4) is 0 Å². The Balaban J connectivity index is 0. The molecule has 0 radical (unpaired) electrons. The molecule has 0 amide bonds. The first-order valence-electron chi connectivity index (χ1n) is 4.99. The summed E-state index contributed by atoms with van der Waals surface area (Å²) in [6.45, 7) is 2.14. The predicted molar refractivity (Wildman–Crippen MR) is 70.9 cm³/mol. The molecule has 0 aromatic rings. The third-order valence-electron chi connectivity index (χ3n) is 1.72. The first kappa shape index (κ1) is 19.0. The maximum Gasteiger partial charge on any atom is 0.00313 e. The van der Waals surface area contributed by atoms with Crippen molar-refractivity contribution in [3.05, 3.63) is 11.1 Å².